The van der Waals surface area contributed by atoms with Crippen LogP contribution in [0.1, 0.15) is 50.1 Å². The van der Waals surface area contributed by atoms with E-state index in [1.165, 1.54) is 0 Å². The van der Waals surface area contributed by atoms with Crippen LogP contribution in [0.2, 0.25) is 0 Å². The first-order valence-electron chi connectivity index (χ1n) is 10.7. The van der Waals surface area contributed by atoms with Crippen molar-refractivity contribution >= 4 is 12.0 Å². The first kappa shape index (κ1) is 26.0. The molecule has 3 heterocycles. The van der Waals surface area contributed by atoms with E-state index in [1.807, 2.05) is 0 Å². The molecule has 0 radical (unpaired) electrons. The molecule has 0 spiro atoms. The van der Waals surface area contributed by atoms with Crippen LogP contribution in [0.4, 0.5) is 31.1 Å². The lowest BCUT2D eigenvalue weighted by molar-refractivity contribution is -0.308. The van der Waals surface area contributed by atoms with Gasteiger partial charge in [0, 0.05) is 37.8 Å². The van der Waals surface area contributed by atoms with Crippen molar-refractivity contribution < 1.29 is 40.7 Å². The Hall–Kier alpha value is -2.58. The van der Waals surface area contributed by atoms with Crippen molar-refractivity contribution in [1.82, 2.24) is 29.9 Å². The summed E-state index contributed by atoms with van der Waals surface area (Å²) < 4.78 is 81.3. The second-order valence-corrected chi connectivity index (χ2v) is 9.00. The summed E-state index contributed by atoms with van der Waals surface area (Å²) in [6, 6.07) is 0.307. The fraction of sp³-hybridized carbons (Fsp3) is 0.789. The van der Waals surface area contributed by atoms with E-state index in [0.717, 1.165) is 4.90 Å². The minimum atomic E-state index is -5.78. The summed E-state index contributed by atoms with van der Waals surface area (Å²) in [6.07, 6.45) is -17.3. The third-order valence-corrected chi connectivity index (χ3v) is 6.07. The Morgan fingerprint density at radius 1 is 1.00 bits per heavy atom. The molecule has 9 nitrogen and oxygen atoms in total. The SMILES string of the molecule is CC(C)N1CCn2c(nnc2C(=O)NC2(C)CCN(C(=O)OC(C(F)(F)F)C(F)(F)F)CC2)C1. The number of ether oxygens (including phenoxy) is 1. The molecule has 1 fully saturated rings. The number of amides is 2. The van der Waals surface area contributed by atoms with Gasteiger partial charge in [-0.3, -0.25) is 9.69 Å². The van der Waals surface area contributed by atoms with Crippen LogP contribution in [-0.4, -0.2) is 86.2 Å². The number of carbonyl (C=O) groups excluding carboxylic acids is 2. The number of halogens is 6. The van der Waals surface area contributed by atoms with Gasteiger partial charge in [0.15, 0.2) is 0 Å². The molecule has 2 aliphatic rings. The average Bonchev–Trinajstić information content (AvgIpc) is 3.13. The molecule has 34 heavy (non-hydrogen) atoms. The molecule has 1 saturated heterocycles. The second kappa shape index (κ2) is 9.23. The van der Waals surface area contributed by atoms with Gasteiger partial charge < -0.3 is 19.5 Å². The van der Waals surface area contributed by atoms with Crippen molar-refractivity contribution in [3.63, 3.8) is 0 Å². The third kappa shape index (κ3) is 5.73. The molecule has 2 aliphatic heterocycles. The summed E-state index contributed by atoms with van der Waals surface area (Å²) in [5.74, 6) is 0.279. The highest BCUT2D eigenvalue weighted by Crippen LogP contribution is 2.36. The van der Waals surface area contributed by atoms with Crippen molar-refractivity contribution in [3.8, 4) is 0 Å². The standard InChI is InChI=1S/C19H26F6N6O3/c1-11(2)30-8-9-31-12(10-30)27-28-13(31)14(32)26-17(3)4-6-29(7-5-17)16(33)34-15(18(20,21)22)19(23,24)25/h11,15H,4-10H2,1-3H3,(H,26,32). The highest BCUT2D eigenvalue weighted by Gasteiger charge is 2.60. The Labute approximate surface area is 191 Å². The van der Waals surface area contributed by atoms with Crippen LogP contribution in [0.5, 0.6) is 0 Å². The van der Waals surface area contributed by atoms with Crippen LogP contribution >= 0.6 is 0 Å². The van der Waals surface area contributed by atoms with Crippen LogP contribution in [0, 0.1) is 0 Å². The average molecular weight is 500 g/mol. The van der Waals surface area contributed by atoms with E-state index in [9.17, 15) is 35.9 Å². The van der Waals surface area contributed by atoms with Gasteiger partial charge in [0.25, 0.3) is 12.0 Å². The molecule has 1 aromatic rings. The topological polar surface area (TPSA) is 92.6 Å². The lowest BCUT2D eigenvalue weighted by Crippen LogP contribution is -2.56. The molecule has 1 aromatic heterocycles. The zero-order valence-electron chi connectivity index (χ0n) is 18.8. The number of alkyl halides is 6. The lowest BCUT2D eigenvalue weighted by Gasteiger charge is -2.39. The molecule has 15 heteroatoms. The van der Waals surface area contributed by atoms with Crippen LogP contribution in [0.3, 0.4) is 0 Å². The predicted octanol–water partition coefficient (Wildman–Crippen LogP) is 2.72. The highest BCUT2D eigenvalue weighted by atomic mass is 19.4. The monoisotopic (exact) mass is 500 g/mol. The van der Waals surface area contributed by atoms with Crippen LogP contribution in [0.15, 0.2) is 0 Å². The van der Waals surface area contributed by atoms with Crippen molar-refractivity contribution in [1.29, 1.82) is 0 Å². The molecule has 0 atom stereocenters. The number of aromatic nitrogens is 3. The number of hydrogen-bond acceptors (Lipinski definition) is 6. The van der Waals surface area contributed by atoms with Crippen molar-refractivity contribution in [2.24, 2.45) is 0 Å². The minimum absolute atomic E-state index is 0.0959. The Morgan fingerprint density at radius 3 is 2.12 bits per heavy atom. The number of rotatable bonds is 4. The van der Waals surface area contributed by atoms with Crippen molar-refractivity contribution in [2.75, 3.05) is 19.6 Å². The van der Waals surface area contributed by atoms with Gasteiger partial charge in [0.2, 0.25) is 5.82 Å². The van der Waals surface area contributed by atoms with E-state index in [2.05, 4.69) is 39.0 Å². The highest BCUT2D eigenvalue weighted by molar-refractivity contribution is 5.91. The molecule has 192 valence electrons. The fourth-order valence-corrected chi connectivity index (χ4v) is 3.92. The molecule has 1 N–H and O–H groups in total. The molecular weight excluding hydrogens is 474 g/mol. The van der Waals surface area contributed by atoms with Crippen LogP contribution < -0.4 is 5.32 Å². The maximum atomic E-state index is 12.8. The van der Waals surface area contributed by atoms with Gasteiger partial charge >= 0.3 is 18.4 Å². The third-order valence-electron chi connectivity index (χ3n) is 6.07. The van der Waals surface area contributed by atoms with Crippen LogP contribution in [-0.2, 0) is 17.8 Å². The largest absolute Gasteiger partial charge is 0.434 e. The second-order valence-electron chi connectivity index (χ2n) is 9.00. The van der Waals surface area contributed by atoms with Gasteiger partial charge in [0.1, 0.15) is 5.82 Å². The number of likely N-dealkylation sites (tertiary alicyclic amines) is 1. The molecular formula is C19H26F6N6O3. The van der Waals surface area contributed by atoms with Gasteiger partial charge in [-0.05, 0) is 33.6 Å². The van der Waals surface area contributed by atoms with E-state index in [1.54, 1.807) is 11.5 Å². The number of hydrogen-bond donors (Lipinski definition) is 1. The van der Waals surface area contributed by atoms with E-state index < -0.39 is 36.0 Å². The molecule has 0 unspecified atom stereocenters. The van der Waals surface area contributed by atoms with E-state index in [0.29, 0.717) is 31.5 Å². The Morgan fingerprint density at radius 2 is 1.59 bits per heavy atom. The Bertz CT molecular complexity index is 893. The van der Waals surface area contributed by atoms with E-state index in [-0.39, 0.29) is 31.8 Å². The van der Waals surface area contributed by atoms with Gasteiger partial charge in [-0.1, -0.05) is 0 Å². The van der Waals surface area contributed by atoms with Crippen molar-refractivity contribution in [3.05, 3.63) is 11.6 Å². The normalized spacial score (nSPS) is 19.3. The van der Waals surface area contributed by atoms with E-state index >= 15 is 0 Å². The predicted molar refractivity (Wildman–Crippen MR) is 105 cm³/mol. The van der Waals surface area contributed by atoms with Gasteiger partial charge in [-0.2, -0.15) is 26.3 Å². The van der Waals surface area contributed by atoms with Gasteiger partial charge in [-0.15, -0.1) is 10.2 Å². The number of carbonyl (C=O) groups is 2. The summed E-state index contributed by atoms with van der Waals surface area (Å²) in [4.78, 5) is 27.7. The Kier molecular flexibility index (Phi) is 7.06. The number of nitrogens with one attached hydrogen (secondary N) is 1. The van der Waals surface area contributed by atoms with E-state index in [4.69, 9.17) is 0 Å². The Balaban J connectivity index is 1.59. The van der Waals surface area contributed by atoms with Crippen LogP contribution in [0.25, 0.3) is 0 Å². The molecule has 2 amide bonds. The number of piperidine rings is 1. The maximum absolute atomic E-state index is 12.8. The quantitative estimate of drug-likeness (QED) is 0.640. The molecule has 0 aliphatic carbocycles. The molecule has 0 bridgehead atoms. The van der Waals surface area contributed by atoms with Crippen molar-refractivity contribution in [2.45, 2.75) is 76.7 Å². The molecule has 3 rings (SSSR count). The summed E-state index contributed by atoms with van der Waals surface area (Å²) in [7, 11) is 0. The zero-order valence-corrected chi connectivity index (χ0v) is 18.8. The summed E-state index contributed by atoms with van der Waals surface area (Å²) in [6.45, 7) is 7.18. The zero-order chi connectivity index (χ0) is 25.5. The molecule has 0 saturated carbocycles. The molecule has 0 aromatic carbocycles. The summed E-state index contributed by atoms with van der Waals surface area (Å²) >= 11 is 0. The summed E-state index contributed by atoms with van der Waals surface area (Å²) in [5, 5.41) is 10.9. The number of fused-ring (bicyclic) bond motifs is 1. The van der Waals surface area contributed by atoms with Gasteiger partial charge in [-0.25, -0.2) is 4.79 Å². The first-order valence-corrected chi connectivity index (χ1v) is 10.7. The number of nitrogens with zero attached hydrogens (tertiary/aromatic N) is 5. The smallest absolute Gasteiger partial charge is 0.426 e. The lowest BCUT2D eigenvalue weighted by atomic mass is 9.89. The van der Waals surface area contributed by atoms with Gasteiger partial charge in [0.05, 0.1) is 6.54 Å². The maximum Gasteiger partial charge on any atom is 0.434 e. The fourth-order valence-electron chi connectivity index (χ4n) is 3.92. The minimum Gasteiger partial charge on any atom is -0.426 e. The summed E-state index contributed by atoms with van der Waals surface area (Å²) in [5.41, 5.74) is -0.855. The first-order chi connectivity index (χ1) is 15.6.